The highest BCUT2D eigenvalue weighted by molar-refractivity contribution is 5.71. The largest absolute Gasteiger partial charge is 0.462 e. The van der Waals surface area contributed by atoms with Gasteiger partial charge in [0, 0.05) is 19.3 Å². The summed E-state index contributed by atoms with van der Waals surface area (Å²) in [6.45, 7) is 6.63. The summed E-state index contributed by atoms with van der Waals surface area (Å²) in [7, 11) is 0. The number of hydrogen-bond donors (Lipinski definition) is 0. The number of unbranched alkanes of at least 4 members (excludes halogenated alkanes) is 38. The molecule has 0 aliphatic rings. The standard InChI is InChI=1S/C65H118O6/c1-4-7-10-13-16-19-22-25-28-30-31-32-33-35-37-40-43-46-49-52-55-58-64(67)70-61-62(60-69-63(66)57-54-51-48-45-42-39-36-27-24-21-18-15-12-9-6-3)71-65(68)59-56-53-50-47-44-41-38-34-29-26-23-20-17-14-11-8-5-2/h18,21,26-27,29-31,36,62H,4-17,19-20,22-25,28,32-35,37-61H2,1-3H3/b21-18-,29-26-,31-30-,36-27-. The first-order valence-corrected chi connectivity index (χ1v) is 31.1. The summed E-state index contributed by atoms with van der Waals surface area (Å²) in [6, 6.07) is 0. The van der Waals surface area contributed by atoms with Gasteiger partial charge < -0.3 is 14.2 Å². The van der Waals surface area contributed by atoms with Crippen molar-refractivity contribution in [2.45, 2.75) is 335 Å². The van der Waals surface area contributed by atoms with Crippen LogP contribution in [0, 0.1) is 0 Å². The Kier molecular flexibility index (Phi) is 57.7. The highest BCUT2D eigenvalue weighted by Gasteiger charge is 2.19. The summed E-state index contributed by atoms with van der Waals surface area (Å²) in [5, 5.41) is 0. The van der Waals surface area contributed by atoms with Crippen molar-refractivity contribution in [2.75, 3.05) is 13.2 Å². The molecule has 0 bridgehead atoms. The fraction of sp³-hybridized carbons (Fsp3) is 0.831. The van der Waals surface area contributed by atoms with Gasteiger partial charge in [-0.25, -0.2) is 0 Å². The van der Waals surface area contributed by atoms with E-state index in [2.05, 4.69) is 69.4 Å². The number of esters is 3. The molecule has 0 aromatic carbocycles. The fourth-order valence-corrected chi connectivity index (χ4v) is 9.05. The minimum Gasteiger partial charge on any atom is -0.462 e. The summed E-state index contributed by atoms with van der Waals surface area (Å²) in [4.78, 5) is 38.3. The maximum atomic E-state index is 12.9. The van der Waals surface area contributed by atoms with Gasteiger partial charge in [-0.05, 0) is 103 Å². The molecule has 0 heterocycles. The molecule has 0 aliphatic heterocycles. The zero-order valence-corrected chi connectivity index (χ0v) is 47.5. The van der Waals surface area contributed by atoms with Crippen molar-refractivity contribution in [1.82, 2.24) is 0 Å². The molecule has 0 rings (SSSR count). The van der Waals surface area contributed by atoms with Crippen LogP contribution in [0.15, 0.2) is 48.6 Å². The molecule has 0 spiro atoms. The van der Waals surface area contributed by atoms with Crippen LogP contribution in [-0.4, -0.2) is 37.2 Å². The van der Waals surface area contributed by atoms with Gasteiger partial charge in [0.15, 0.2) is 6.10 Å². The highest BCUT2D eigenvalue weighted by atomic mass is 16.6. The van der Waals surface area contributed by atoms with E-state index in [1.807, 2.05) is 0 Å². The summed E-state index contributed by atoms with van der Waals surface area (Å²) >= 11 is 0. The van der Waals surface area contributed by atoms with Gasteiger partial charge in [0.25, 0.3) is 0 Å². The lowest BCUT2D eigenvalue weighted by molar-refractivity contribution is -0.167. The second-order valence-electron chi connectivity index (χ2n) is 21.0. The second-order valence-corrected chi connectivity index (χ2v) is 21.0. The van der Waals surface area contributed by atoms with Crippen LogP contribution in [0.25, 0.3) is 0 Å². The van der Waals surface area contributed by atoms with Gasteiger partial charge in [-0.2, -0.15) is 0 Å². The molecule has 0 saturated heterocycles. The quantitative estimate of drug-likeness (QED) is 0.0261. The zero-order chi connectivity index (χ0) is 51.4. The average molecular weight is 996 g/mol. The molecule has 0 amide bonds. The smallest absolute Gasteiger partial charge is 0.306 e. The third-order valence-electron chi connectivity index (χ3n) is 13.8. The third kappa shape index (κ3) is 58.1. The Hall–Kier alpha value is -2.63. The summed E-state index contributed by atoms with van der Waals surface area (Å²) in [6.07, 6.45) is 73.9. The van der Waals surface area contributed by atoms with Crippen molar-refractivity contribution in [3.63, 3.8) is 0 Å². The normalized spacial score (nSPS) is 12.3. The third-order valence-corrected chi connectivity index (χ3v) is 13.8. The molecule has 0 aromatic rings. The van der Waals surface area contributed by atoms with E-state index in [1.54, 1.807) is 0 Å². The van der Waals surface area contributed by atoms with Gasteiger partial charge in [0.1, 0.15) is 13.2 Å². The van der Waals surface area contributed by atoms with E-state index in [0.717, 1.165) is 77.0 Å². The van der Waals surface area contributed by atoms with E-state index in [-0.39, 0.29) is 31.1 Å². The maximum absolute atomic E-state index is 12.9. The molecule has 0 radical (unpaired) electrons. The molecular weight excluding hydrogens is 877 g/mol. The Morgan fingerprint density at radius 1 is 0.282 bits per heavy atom. The van der Waals surface area contributed by atoms with Crippen molar-refractivity contribution >= 4 is 17.9 Å². The number of hydrogen-bond acceptors (Lipinski definition) is 6. The van der Waals surface area contributed by atoms with E-state index < -0.39 is 6.10 Å². The summed E-state index contributed by atoms with van der Waals surface area (Å²) < 4.78 is 16.9. The van der Waals surface area contributed by atoms with E-state index in [1.165, 1.54) is 212 Å². The number of carbonyl (C=O) groups excluding carboxylic acids is 3. The average Bonchev–Trinajstić information content (AvgIpc) is 3.37. The Bertz CT molecular complexity index is 1230. The van der Waals surface area contributed by atoms with Crippen LogP contribution in [0.5, 0.6) is 0 Å². The second kappa shape index (κ2) is 59.9. The van der Waals surface area contributed by atoms with Gasteiger partial charge >= 0.3 is 17.9 Å². The van der Waals surface area contributed by atoms with E-state index in [4.69, 9.17) is 14.2 Å². The zero-order valence-electron chi connectivity index (χ0n) is 47.5. The van der Waals surface area contributed by atoms with Gasteiger partial charge in [-0.1, -0.05) is 256 Å². The van der Waals surface area contributed by atoms with Crippen molar-refractivity contribution < 1.29 is 28.6 Å². The Morgan fingerprint density at radius 2 is 0.507 bits per heavy atom. The van der Waals surface area contributed by atoms with Gasteiger partial charge in [-0.3, -0.25) is 14.4 Å². The molecule has 0 N–H and O–H groups in total. The molecule has 1 atom stereocenters. The molecule has 0 aromatic heterocycles. The molecular formula is C65H118O6. The van der Waals surface area contributed by atoms with Crippen LogP contribution in [0.2, 0.25) is 0 Å². The number of carbonyl (C=O) groups is 3. The number of allylic oxidation sites excluding steroid dienone is 8. The van der Waals surface area contributed by atoms with Crippen molar-refractivity contribution in [1.29, 1.82) is 0 Å². The fourth-order valence-electron chi connectivity index (χ4n) is 9.05. The van der Waals surface area contributed by atoms with E-state index in [0.29, 0.717) is 19.3 Å². The Balaban J connectivity index is 4.35. The summed E-state index contributed by atoms with van der Waals surface area (Å²) in [5.41, 5.74) is 0. The lowest BCUT2D eigenvalue weighted by atomic mass is 10.1. The first kappa shape index (κ1) is 68.4. The van der Waals surface area contributed by atoms with Gasteiger partial charge in [-0.15, -0.1) is 0 Å². The van der Waals surface area contributed by atoms with Gasteiger partial charge in [0.05, 0.1) is 0 Å². The Morgan fingerprint density at radius 3 is 0.817 bits per heavy atom. The van der Waals surface area contributed by atoms with Crippen molar-refractivity contribution in [3.05, 3.63) is 48.6 Å². The lowest BCUT2D eigenvalue weighted by Crippen LogP contribution is -2.30. The monoisotopic (exact) mass is 995 g/mol. The van der Waals surface area contributed by atoms with E-state index >= 15 is 0 Å². The van der Waals surface area contributed by atoms with Crippen LogP contribution >= 0.6 is 0 Å². The van der Waals surface area contributed by atoms with Crippen LogP contribution < -0.4 is 0 Å². The predicted molar refractivity (Wildman–Crippen MR) is 307 cm³/mol. The van der Waals surface area contributed by atoms with Crippen molar-refractivity contribution in [2.24, 2.45) is 0 Å². The van der Waals surface area contributed by atoms with Gasteiger partial charge in [0.2, 0.25) is 0 Å². The maximum Gasteiger partial charge on any atom is 0.306 e. The molecule has 0 fully saturated rings. The first-order chi connectivity index (χ1) is 35.0. The molecule has 6 nitrogen and oxygen atoms in total. The highest BCUT2D eigenvalue weighted by Crippen LogP contribution is 2.16. The molecule has 414 valence electrons. The molecule has 0 saturated carbocycles. The molecule has 6 heteroatoms. The van der Waals surface area contributed by atoms with Crippen LogP contribution in [0.3, 0.4) is 0 Å². The topological polar surface area (TPSA) is 78.9 Å². The number of ether oxygens (including phenoxy) is 3. The molecule has 71 heavy (non-hydrogen) atoms. The van der Waals surface area contributed by atoms with E-state index in [9.17, 15) is 14.4 Å². The van der Waals surface area contributed by atoms with Crippen LogP contribution in [-0.2, 0) is 28.6 Å². The molecule has 0 aliphatic carbocycles. The van der Waals surface area contributed by atoms with Crippen LogP contribution in [0.1, 0.15) is 329 Å². The van der Waals surface area contributed by atoms with Crippen molar-refractivity contribution in [3.8, 4) is 0 Å². The SMILES string of the molecule is CCCCC/C=C\C/C=C\CCCCCCCC(=O)OCC(COC(=O)CCCCCCCCCCC/C=C\CCCCCCCCCC)OC(=O)CCCCCCCCC/C=C\CCCCCCCC. The molecule has 1 unspecified atom stereocenters. The Labute approximate surface area is 441 Å². The number of rotatable bonds is 57. The van der Waals surface area contributed by atoms with Crippen LogP contribution in [0.4, 0.5) is 0 Å². The minimum absolute atomic E-state index is 0.0785. The lowest BCUT2D eigenvalue weighted by Gasteiger charge is -2.18. The minimum atomic E-state index is -0.782. The summed E-state index contributed by atoms with van der Waals surface area (Å²) in [5.74, 6) is -0.882. The first-order valence-electron chi connectivity index (χ1n) is 31.1. The predicted octanol–water partition coefficient (Wildman–Crippen LogP) is 21.0.